The second kappa shape index (κ2) is 17.9. The van der Waals surface area contributed by atoms with Crippen molar-refractivity contribution in [3.8, 4) is 46.5 Å². The molecule has 8 aromatic heterocycles. The fourth-order valence-corrected chi connectivity index (χ4v) is 16.6. The van der Waals surface area contributed by atoms with Gasteiger partial charge in [0.25, 0.3) is 0 Å². The lowest BCUT2D eigenvalue weighted by Crippen LogP contribution is -1.93. The van der Waals surface area contributed by atoms with Crippen LogP contribution >= 0.6 is 90.7 Å². The summed E-state index contributed by atoms with van der Waals surface area (Å²) in [6.07, 6.45) is 4.63. The standard InChI is InChI=1S/C54H26N4S8/c55-27-33(28-56)41-15-17-47(63-41)49-21-19-45(65-49)43-13-11-35(59-43)23-37-25-39-51(31-7-3-1-4-8-31)53-40(52(54(39)62-37)32-9-5-2-6-10-32)26-38(61-53)24-36-12-14-44(60-36)46-20-22-50(66-46)48-18-16-42(64-48)34(29-57)30-58/h1-26H/b35-23+,36-24+,45-43+,46-44+,49-47+,50-48+. The summed E-state index contributed by atoms with van der Waals surface area (Å²) in [7, 11) is 0. The van der Waals surface area contributed by atoms with E-state index >= 15 is 0 Å². The van der Waals surface area contributed by atoms with E-state index in [2.05, 4.69) is 133 Å². The molecule has 11 aromatic rings. The Hall–Kier alpha value is -6.78. The summed E-state index contributed by atoms with van der Waals surface area (Å²) in [5, 5.41) is 39.9. The van der Waals surface area contributed by atoms with Gasteiger partial charge in [0.05, 0.1) is 9.06 Å². The van der Waals surface area contributed by atoms with Crippen LogP contribution in [-0.2, 0) is 0 Å². The van der Waals surface area contributed by atoms with Crippen LogP contribution in [0.15, 0.2) is 146 Å². The molecule has 0 aliphatic carbocycles. The molecule has 0 spiro atoms. The molecule has 66 heavy (non-hydrogen) atoms. The third kappa shape index (κ3) is 7.91. The second-order valence-corrected chi connectivity index (χ2v) is 23.5. The molecule has 8 heterocycles. The van der Waals surface area contributed by atoms with Gasteiger partial charge in [-0.3, -0.25) is 0 Å². The molecule has 0 bridgehead atoms. The minimum atomic E-state index is 0.146. The fraction of sp³-hybridized carbons (Fsp3) is 0. The van der Waals surface area contributed by atoms with E-state index in [4.69, 9.17) is 0 Å². The van der Waals surface area contributed by atoms with Crippen molar-refractivity contribution in [1.29, 1.82) is 21.0 Å². The summed E-state index contributed by atoms with van der Waals surface area (Å²) in [4.78, 5) is 2.40. The van der Waals surface area contributed by atoms with Gasteiger partial charge in [-0.05, 0) is 108 Å². The van der Waals surface area contributed by atoms with Crippen molar-refractivity contribution >= 4 is 134 Å². The van der Waals surface area contributed by atoms with Crippen molar-refractivity contribution in [2.75, 3.05) is 0 Å². The van der Waals surface area contributed by atoms with Crippen molar-refractivity contribution in [2.45, 2.75) is 0 Å². The van der Waals surface area contributed by atoms with Gasteiger partial charge >= 0.3 is 0 Å². The molecule has 0 aliphatic rings. The molecule has 0 atom stereocenters. The lowest BCUT2D eigenvalue weighted by molar-refractivity contribution is 1.51. The van der Waals surface area contributed by atoms with Crippen LogP contribution in [-0.4, -0.2) is 0 Å². The Morgan fingerprint density at radius 2 is 0.682 bits per heavy atom. The van der Waals surface area contributed by atoms with E-state index in [1.165, 1.54) is 102 Å². The van der Waals surface area contributed by atoms with Gasteiger partial charge < -0.3 is 0 Å². The van der Waals surface area contributed by atoms with E-state index in [0.29, 0.717) is 9.06 Å². The van der Waals surface area contributed by atoms with Crippen LogP contribution in [0.5, 0.6) is 0 Å². The predicted octanol–water partition coefficient (Wildman–Crippen LogP) is 13.0. The molecule has 0 fully saturated rings. The van der Waals surface area contributed by atoms with E-state index < -0.39 is 0 Å². The Balaban J connectivity index is 1.06. The SMILES string of the molecule is N#CC(C#N)=c1cc/c(=c2/cc/c(=c3/cc/c(=C\c4cc5c(-c6ccccc6)c6sc(/C=c7\cc/c(=c8/cc/c(=c9/ccc(=C(C#N)C#N)s9)s8)s7)cc6c(-c6ccccc6)c5s4)s3)s2)s1. The first kappa shape index (κ1) is 41.9. The van der Waals surface area contributed by atoms with Crippen molar-refractivity contribution in [2.24, 2.45) is 0 Å². The monoisotopic (exact) mass is 986 g/mol. The van der Waals surface area contributed by atoms with Crippen LogP contribution in [0.2, 0.25) is 0 Å². The number of benzene rings is 3. The first-order valence-corrected chi connectivity index (χ1v) is 26.8. The summed E-state index contributed by atoms with van der Waals surface area (Å²) >= 11 is 13.7. The molecule has 12 heteroatoms. The van der Waals surface area contributed by atoms with Crippen LogP contribution in [0.1, 0.15) is 9.75 Å². The molecule has 0 unspecified atom stereocenters. The third-order valence-electron chi connectivity index (χ3n) is 10.8. The minimum absolute atomic E-state index is 0.146. The first-order chi connectivity index (χ1) is 32.5. The van der Waals surface area contributed by atoms with E-state index in [0.717, 1.165) is 18.1 Å². The smallest absolute Gasteiger partial charge is 0.146 e. The Morgan fingerprint density at radius 1 is 0.348 bits per heavy atom. The zero-order valence-corrected chi connectivity index (χ0v) is 40.6. The van der Waals surface area contributed by atoms with Gasteiger partial charge in [0.2, 0.25) is 0 Å². The van der Waals surface area contributed by atoms with E-state index in [1.807, 2.05) is 71.2 Å². The topological polar surface area (TPSA) is 95.2 Å². The van der Waals surface area contributed by atoms with E-state index in [-0.39, 0.29) is 11.1 Å². The molecule has 310 valence electrons. The second-order valence-electron chi connectivity index (χ2n) is 14.8. The quantitative estimate of drug-likeness (QED) is 0.175. The van der Waals surface area contributed by atoms with Gasteiger partial charge in [-0.15, -0.1) is 90.7 Å². The third-order valence-corrected chi connectivity index (χ3v) is 20.2. The Labute approximate surface area is 407 Å². The van der Waals surface area contributed by atoms with Gasteiger partial charge in [-0.2, -0.15) is 21.0 Å². The summed E-state index contributed by atoms with van der Waals surface area (Å²) in [6.45, 7) is 0. The number of hydrogen-bond acceptors (Lipinski definition) is 12. The van der Waals surface area contributed by atoms with Crippen molar-refractivity contribution < 1.29 is 0 Å². The molecule has 0 N–H and O–H groups in total. The fourth-order valence-electron chi connectivity index (χ4n) is 7.82. The summed E-state index contributed by atoms with van der Waals surface area (Å²) in [6, 6.07) is 59.5. The van der Waals surface area contributed by atoms with E-state index in [9.17, 15) is 21.0 Å². The van der Waals surface area contributed by atoms with Crippen molar-refractivity contribution in [1.82, 2.24) is 0 Å². The molecule has 0 radical (unpaired) electrons. The van der Waals surface area contributed by atoms with Gasteiger partial charge in [0.15, 0.2) is 0 Å². The summed E-state index contributed by atoms with van der Waals surface area (Å²) < 4.78 is 15.4. The zero-order valence-electron chi connectivity index (χ0n) is 34.1. The van der Waals surface area contributed by atoms with Gasteiger partial charge in [0.1, 0.15) is 35.4 Å². The number of nitriles is 4. The lowest BCUT2D eigenvalue weighted by atomic mass is 9.93. The van der Waals surface area contributed by atoms with Crippen LogP contribution in [0.3, 0.4) is 0 Å². The average Bonchev–Trinajstić information content (AvgIpc) is 4.19. The molecule has 0 aliphatic heterocycles. The van der Waals surface area contributed by atoms with Gasteiger partial charge in [-0.1, -0.05) is 60.7 Å². The number of nitrogens with zero attached hydrogens (tertiary/aromatic N) is 4. The molecule has 0 amide bonds. The van der Waals surface area contributed by atoms with Crippen molar-refractivity contribution in [3.05, 3.63) is 210 Å². The molecule has 0 saturated heterocycles. The highest BCUT2D eigenvalue weighted by atomic mass is 32.1. The molecule has 0 saturated carbocycles. The van der Waals surface area contributed by atoms with Crippen LogP contribution in [0.4, 0.5) is 0 Å². The van der Waals surface area contributed by atoms with Crippen LogP contribution in [0, 0.1) is 81.6 Å². The highest BCUT2D eigenvalue weighted by Crippen LogP contribution is 2.49. The summed E-state index contributed by atoms with van der Waals surface area (Å²) in [5.74, 6) is 0. The molecular formula is C54H26N4S8. The number of rotatable bonds is 4. The molecular weight excluding hydrogens is 961 g/mol. The van der Waals surface area contributed by atoms with Crippen molar-refractivity contribution in [3.63, 3.8) is 0 Å². The lowest BCUT2D eigenvalue weighted by Gasteiger charge is -2.12. The molecule has 11 rings (SSSR count). The maximum atomic E-state index is 9.34. The Bertz CT molecular complexity index is 4210. The van der Waals surface area contributed by atoms with E-state index in [1.54, 1.807) is 45.3 Å². The Kier molecular flexibility index (Phi) is 11.4. The largest absolute Gasteiger partial charge is 0.192 e. The predicted molar refractivity (Wildman–Crippen MR) is 280 cm³/mol. The average molecular weight is 987 g/mol. The first-order valence-electron chi connectivity index (χ1n) is 20.3. The van der Waals surface area contributed by atoms with Crippen LogP contribution < -0.4 is 18.1 Å². The summed E-state index contributed by atoms with van der Waals surface area (Å²) in [5.41, 5.74) is 5.20. The molecule has 3 aromatic carbocycles. The van der Waals surface area contributed by atoms with Gasteiger partial charge in [0, 0.05) is 86.4 Å². The maximum Gasteiger partial charge on any atom is 0.146 e. The zero-order chi connectivity index (χ0) is 44.7. The maximum absolute atomic E-state index is 9.34. The minimum Gasteiger partial charge on any atom is -0.192 e. The number of fused-ring (bicyclic) bond motifs is 2. The highest BCUT2D eigenvalue weighted by Gasteiger charge is 2.21. The number of hydrogen-bond donors (Lipinski definition) is 0. The highest BCUT2D eigenvalue weighted by molar-refractivity contribution is 7.23. The Morgan fingerprint density at radius 3 is 1.06 bits per heavy atom. The number of thiophene rings is 8. The normalized spacial score (nSPS) is 13.9. The van der Waals surface area contributed by atoms with Crippen LogP contribution in [0.25, 0.3) is 65.7 Å². The van der Waals surface area contributed by atoms with Gasteiger partial charge in [-0.25, -0.2) is 0 Å². The molecule has 4 nitrogen and oxygen atoms in total.